The van der Waals surface area contributed by atoms with Crippen LogP contribution in [0.4, 0.5) is 10.1 Å². The van der Waals surface area contributed by atoms with Crippen LogP contribution in [0.25, 0.3) is 0 Å². The number of aliphatic hydroxyl groups excluding tert-OH is 1. The van der Waals surface area contributed by atoms with Crippen LogP contribution in [0.5, 0.6) is 5.75 Å². The summed E-state index contributed by atoms with van der Waals surface area (Å²) < 4.78 is 18.1. The van der Waals surface area contributed by atoms with Gasteiger partial charge in [0.05, 0.1) is 16.0 Å². The first kappa shape index (κ1) is 15.3. The van der Waals surface area contributed by atoms with Crippen LogP contribution >= 0.6 is 15.9 Å². The molecule has 7 nitrogen and oxygen atoms in total. The van der Waals surface area contributed by atoms with Gasteiger partial charge in [-0.1, -0.05) is 0 Å². The Morgan fingerprint density at radius 3 is 2.84 bits per heavy atom. The Morgan fingerprint density at radius 2 is 2.26 bits per heavy atom. The fourth-order valence-corrected chi connectivity index (χ4v) is 1.50. The molecule has 0 atom stereocenters. The minimum atomic E-state index is -0.745. The average Bonchev–Trinajstić information content (AvgIpc) is 2.36. The summed E-state index contributed by atoms with van der Waals surface area (Å²) in [6, 6.07) is 1.78. The molecular formula is C10H10BrFN2O5. The summed E-state index contributed by atoms with van der Waals surface area (Å²) >= 11 is 2.82. The van der Waals surface area contributed by atoms with Crippen molar-refractivity contribution in [3.8, 4) is 5.75 Å². The highest BCUT2D eigenvalue weighted by atomic mass is 79.9. The van der Waals surface area contributed by atoms with Crippen molar-refractivity contribution in [3.05, 3.63) is 32.5 Å². The van der Waals surface area contributed by atoms with Crippen LogP contribution < -0.4 is 10.1 Å². The van der Waals surface area contributed by atoms with Gasteiger partial charge >= 0.3 is 5.69 Å². The van der Waals surface area contributed by atoms with Crippen LogP contribution in [0.3, 0.4) is 0 Å². The van der Waals surface area contributed by atoms with Crippen molar-refractivity contribution >= 4 is 27.5 Å². The number of rotatable bonds is 6. The molecule has 1 rings (SSSR count). The number of nitrogens with zero attached hydrogens (tertiary/aromatic N) is 1. The molecule has 0 aliphatic heterocycles. The van der Waals surface area contributed by atoms with E-state index in [0.29, 0.717) is 0 Å². The van der Waals surface area contributed by atoms with Crippen LogP contribution in [0, 0.1) is 15.9 Å². The number of nitro benzene ring substituents is 1. The summed E-state index contributed by atoms with van der Waals surface area (Å²) in [5.41, 5.74) is -0.455. The Balaban J connectivity index is 2.79. The van der Waals surface area contributed by atoms with E-state index in [1.807, 2.05) is 0 Å². The highest BCUT2D eigenvalue weighted by Crippen LogP contribution is 2.32. The van der Waals surface area contributed by atoms with Gasteiger partial charge in [-0.25, -0.2) is 4.39 Å². The fraction of sp³-hybridized carbons (Fsp3) is 0.300. The first-order valence-corrected chi connectivity index (χ1v) is 5.88. The Morgan fingerprint density at radius 1 is 1.58 bits per heavy atom. The molecule has 0 aliphatic rings. The lowest BCUT2D eigenvalue weighted by Gasteiger charge is -2.07. The third-order valence-corrected chi connectivity index (χ3v) is 2.60. The van der Waals surface area contributed by atoms with E-state index in [4.69, 9.17) is 9.84 Å². The molecule has 0 unspecified atom stereocenters. The van der Waals surface area contributed by atoms with Crippen LogP contribution in [-0.4, -0.2) is 35.7 Å². The zero-order valence-electron chi connectivity index (χ0n) is 9.56. The molecular weight excluding hydrogens is 327 g/mol. The molecule has 0 fully saturated rings. The van der Waals surface area contributed by atoms with E-state index >= 15 is 0 Å². The van der Waals surface area contributed by atoms with Gasteiger partial charge in [0.15, 0.2) is 6.61 Å². The summed E-state index contributed by atoms with van der Waals surface area (Å²) in [6.07, 6.45) is 0. The van der Waals surface area contributed by atoms with Crippen molar-refractivity contribution in [2.45, 2.75) is 0 Å². The predicted octanol–water partition coefficient (Wildman–Crippen LogP) is 0.984. The number of halogens is 2. The molecule has 0 spiro atoms. The number of carbonyl (C=O) groups excluding carboxylic acids is 1. The topological polar surface area (TPSA) is 102 Å². The van der Waals surface area contributed by atoms with Gasteiger partial charge in [0.25, 0.3) is 5.91 Å². The molecule has 0 heterocycles. The van der Waals surface area contributed by atoms with Gasteiger partial charge < -0.3 is 15.2 Å². The molecule has 1 aromatic carbocycles. The minimum absolute atomic E-state index is 0.0407. The molecule has 0 saturated heterocycles. The van der Waals surface area contributed by atoms with E-state index in [0.717, 1.165) is 12.1 Å². The SMILES string of the molecule is O=C(COc1cc(F)c(Br)cc1[N+](=O)[O-])NCCO. The lowest BCUT2D eigenvalue weighted by Crippen LogP contribution is -2.31. The maximum atomic E-state index is 13.3. The highest BCUT2D eigenvalue weighted by molar-refractivity contribution is 9.10. The number of nitrogens with one attached hydrogen (secondary N) is 1. The Kier molecular flexibility index (Phi) is 5.64. The normalized spacial score (nSPS) is 10.1. The first-order chi connectivity index (χ1) is 8.95. The van der Waals surface area contributed by atoms with Gasteiger partial charge in [-0.2, -0.15) is 0 Å². The summed E-state index contributed by atoms with van der Waals surface area (Å²) in [7, 11) is 0. The van der Waals surface area contributed by atoms with Gasteiger partial charge in [0.1, 0.15) is 5.82 Å². The zero-order chi connectivity index (χ0) is 14.4. The van der Waals surface area contributed by atoms with Crippen molar-refractivity contribution in [3.63, 3.8) is 0 Å². The second-order valence-electron chi connectivity index (χ2n) is 3.35. The molecule has 19 heavy (non-hydrogen) atoms. The summed E-state index contributed by atoms with van der Waals surface area (Å²) in [5.74, 6) is -1.66. The predicted molar refractivity (Wildman–Crippen MR) is 66.3 cm³/mol. The fourth-order valence-electron chi connectivity index (χ4n) is 1.17. The summed E-state index contributed by atoms with van der Waals surface area (Å²) in [6.45, 7) is -0.709. The Hall–Kier alpha value is -1.74. The number of carbonyl (C=O) groups is 1. The molecule has 1 amide bonds. The lowest BCUT2D eigenvalue weighted by molar-refractivity contribution is -0.385. The van der Waals surface area contributed by atoms with E-state index in [9.17, 15) is 19.3 Å². The largest absolute Gasteiger partial charge is 0.477 e. The molecule has 0 saturated carbocycles. The number of benzene rings is 1. The average molecular weight is 337 g/mol. The number of ether oxygens (including phenoxy) is 1. The van der Waals surface area contributed by atoms with Crippen molar-refractivity contribution < 1.29 is 24.0 Å². The smallest absolute Gasteiger partial charge is 0.312 e. The summed E-state index contributed by atoms with van der Waals surface area (Å²) in [5, 5.41) is 21.5. The highest BCUT2D eigenvalue weighted by Gasteiger charge is 2.19. The van der Waals surface area contributed by atoms with Crippen molar-refractivity contribution in [2.75, 3.05) is 19.8 Å². The molecule has 2 N–H and O–H groups in total. The van der Waals surface area contributed by atoms with Crippen LogP contribution in [0.1, 0.15) is 0 Å². The lowest BCUT2D eigenvalue weighted by atomic mass is 10.3. The quantitative estimate of drug-likeness (QED) is 0.595. The van der Waals surface area contributed by atoms with E-state index in [-0.39, 0.29) is 23.4 Å². The first-order valence-electron chi connectivity index (χ1n) is 5.09. The zero-order valence-corrected chi connectivity index (χ0v) is 11.1. The molecule has 0 aliphatic carbocycles. The maximum Gasteiger partial charge on any atom is 0.312 e. The van der Waals surface area contributed by atoms with Crippen LogP contribution in [0.15, 0.2) is 16.6 Å². The molecule has 0 radical (unpaired) electrons. The number of nitro groups is 1. The van der Waals surface area contributed by atoms with E-state index in [1.165, 1.54) is 0 Å². The second-order valence-corrected chi connectivity index (χ2v) is 4.21. The molecule has 0 bridgehead atoms. The third kappa shape index (κ3) is 4.45. The molecule has 104 valence electrons. The molecule has 1 aromatic rings. The molecule has 9 heteroatoms. The second kappa shape index (κ2) is 7.00. The Bertz CT molecular complexity index is 497. The van der Waals surface area contributed by atoms with Crippen LogP contribution in [0.2, 0.25) is 0 Å². The van der Waals surface area contributed by atoms with E-state index < -0.39 is 28.9 Å². The van der Waals surface area contributed by atoms with Crippen molar-refractivity contribution in [1.82, 2.24) is 5.32 Å². The summed E-state index contributed by atoms with van der Waals surface area (Å²) in [4.78, 5) is 21.2. The van der Waals surface area contributed by atoms with Crippen molar-refractivity contribution in [2.24, 2.45) is 0 Å². The van der Waals surface area contributed by atoms with E-state index in [2.05, 4.69) is 21.2 Å². The minimum Gasteiger partial charge on any atom is -0.477 e. The number of hydrogen-bond acceptors (Lipinski definition) is 5. The van der Waals surface area contributed by atoms with Gasteiger partial charge in [0.2, 0.25) is 5.75 Å². The standard InChI is InChI=1S/C10H10BrFN2O5/c11-6-3-8(14(17)18)9(4-7(6)12)19-5-10(16)13-1-2-15/h3-4,15H,1-2,5H2,(H,13,16). The number of hydrogen-bond donors (Lipinski definition) is 2. The monoisotopic (exact) mass is 336 g/mol. The van der Waals surface area contributed by atoms with E-state index in [1.54, 1.807) is 0 Å². The molecule has 0 aromatic heterocycles. The van der Waals surface area contributed by atoms with Gasteiger partial charge in [0, 0.05) is 18.7 Å². The third-order valence-electron chi connectivity index (χ3n) is 1.99. The van der Waals surface area contributed by atoms with Gasteiger partial charge in [-0.15, -0.1) is 0 Å². The van der Waals surface area contributed by atoms with Gasteiger partial charge in [-0.05, 0) is 15.9 Å². The van der Waals surface area contributed by atoms with Gasteiger partial charge in [-0.3, -0.25) is 14.9 Å². The maximum absolute atomic E-state index is 13.3. The van der Waals surface area contributed by atoms with Crippen molar-refractivity contribution in [1.29, 1.82) is 0 Å². The number of amides is 1. The number of aliphatic hydroxyl groups is 1. The Labute approximate surface area is 115 Å². The van der Waals surface area contributed by atoms with Crippen LogP contribution in [-0.2, 0) is 4.79 Å².